The van der Waals surface area contributed by atoms with Crippen LogP contribution in [0.15, 0.2) is 12.1 Å². The normalized spacial score (nSPS) is 26.5. The molecule has 1 aromatic carbocycles. The molecule has 1 saturated carbocycles. The molecular weight excluding hydrogens is 182 g/mol. The molecule has 0 radical (unpaired) electrons. The van der Waals surface area contributed by atoms with Crippen molar-refractivity contribution < 1.29 is 0 Å². The fourth-order valence-corrected chi connectivity index (χ4v) is 2.42. The van der Waals surface area contributed by atoms with Gasteiger partial charge in [-0.1, -0.05) is 19.1 Å². The summed E-state index contributed by atoms with van der Waals surface area (Å²) in [5.74, 6) is 1.53. The van der Waals surface area contributed by atoms with Gasteiger partial charge in [-0.3, -0.25) is 0 Å². The van der Waals surface area contributed by atoms with E-state index in [4.69, 9.17) is 5.73 Å². The van der Waals surface area contributed by atoms with Crippen LogP contribution in [0.5, 0.6) is 0 Å². The third-order valence-corrected chi connectivity index (χ3v) is 3.87. The SMILES string of the molecule is Cc1cc(C)c(C(N)C2CC2C)cc1C. The van der Waals surface area contributed by atoms with Crippen molar-refractivity contribution >= 4 is 0 Å². The highest BCUT2D eigenvalue weighted by Gasteiger charge is 2.38. The van der Waals surface area contributed by atoms with Crippen LogP contribution in [0.3, 0.4) is 0 Å². The van der Waals surface area contributed by atoms with Crippen molar-refractivity contribution in [2.45, 2.75) is 40.2 Å². The monoisotopic (exact) mass is 203 g/mol. The first-order valence-corrected chi connectivity index (χ1v) is 5.84. The molecule has 1 heteroatoms. The predicted molar refractivity (Wildman–Crippen MR) is 64.9 cm³/mol. The molecule has 2 rings (SSSR count). The summed E-state index contributed by atoms with van der Waals surface area (Å²) in [5, 5.41) is 0. The number of hydrogen-bond donors (Lipinski definition) is 1. The smallest absolute Gasteiger partial charge is 0.0328 e. The summed E-state index contributed by atoms with van der Waals surface area (Å²) in [6.45, 7) is 8.80. The van der Waals surface area contributed by atoms with Crippen LogP contribution in [0, 0.1) is 32.6 Å². The molecule has 1 aliphatic rings. The molecule has 0 bridgehead atoms. The molecule has 0 saturated heterocycles. The molecule has 0 spiro atoms. The van der Waals surface area contributed by atoms with Gasteiger partial charge in [-0.05, 0) is 61.3 Å². The first-order chi connectivity index (χ1) is 7.00. The van der Waals surface area contributed by atoms with Gasteiger partial charge >= 0.3 is 0 Å². The van der Waals surface area contributed by atoms with Gasteiger partial charge in [-0.25, -0.2) is 0 Å². The molecule has 1 aliphatic carbocycles. The minimum atomic E-state index is 0.249. The zero-order valence-electron chi connectivity index (χ0n) is 10.2. The van der Waals surface area contributed by atoms with Crippen molar-refractivity contribution in [3.05, 3.63) is 34.4 Å². The summed E-state index contributed by atoms with van der Waals surface area (Å²) in [7, 11) is 0. The molecule has 1 fully saturated rings. The van der Waals surface area contributed by atoms with Crippen molar-refractivity contribution in [1.29, 1.82) is 0 Å². The summed E-state index contributed by atoms with van der Waals surface area (Å²) in [4.78, 5) is 0. The highest BCUT2D eigenvalue weighted by atomic mass is 14.7. The highest BCUT2D eigenvalue weighted by Crippen LogP contribution is 2.46. The van der Waals surface area contributed by atoms with E-state index < -0.39 is 0 Å². The zero-order valence-corrected chi connectivity index (χ0v) is 10.2. The summed E-state index contributed by atoms with van der Waals surface area (Å²) >= 11 is 0. The second-order valence-corrected chi connectivity index (χ2v) is 5.20. The van der Waals surface area contributed by atoms with Gasteiger partial charge in [0.05, 0.1) is 0 Å². The van der Waals surface area contributed by atoms with Crippen molar-refractivity contribution in [2.24, 2.45) is 17.6 Å². The Morgan fingerprint density at radius 3 is 2.20 bits per heavy atom. The fraction of sp³-hybridized carbons (Fsp3) is 0.571. The van der Waals surface area contributed by atoms with Crippen molar-refractivity contribution in [1.82, 2.24) is 0 Å². The minimum Gasteiger partial charge on any atom is -0.324 e. The molecule has 0 aliphatic heterocycles. The lowest BCUT2D eigenvalue weighted by Gasteiger charge is -2.16. The van der Waals surface area contributed by atoms with Gasteiger partial charge in [-0.15, -0.1) is 0 Å². The van der Waals surface area contributed by atoms with E-state index in [-0.39, 0.29) is 6.04 Å². The van der Waals surface area contributed by atoms with E-state index in [9.17, 15) is 0 Å². The third kappa shape index (κ3) is 1.93. The minimum absolute atomic E-state index is 0.249. The maximum absolute atomic E-state index is 6.31. The lowest BCUT2D eigenvalue weighted by atomic mass is 9.93. The summed E-state index contributed by atoms with van der Waals surface area (Å²) in [6, 6.07) is 4.79. The van der Waals surface area contributed by atoms with Crippen LogP contribution in [-0.2, 0) is 0 Å². The van der Waals surface area contributed by atoms with E-state index in [0.717, 1.165) is 5.92 Å². The second kappa shape index (κ2) is 3.64. The van der Waals surface area contributed by atoms with Gasteiger partial charge in [0, 0.05) is 6.04 Å². The van der Waals surface area contributed by atoms with Gasteiger partial charge in [-0.2, -0.15) is 0 Å². The summed E-state index contributed by atoms with van der Waals surface area (Å²) < 4.78 is 0. The zero-order chi connectivity index (χ0) is 11.2. The molecule has 0 aromatic heterocycles. The van der Waals surface area contributed by atoms with Gasteiger partial charge in [0.25, 0.3) is 0 Å². The molecule has 0 amide bonds. The van der Waals surface area contributed by atoms with E-state index in [2.05, 4.69) is 39.8 Å². The van der Waals surface area contributed by atoms with E-state index in [0.29, 0.717) is 5.92 Å². The highest BCUT2D eigenvalue weighted by molar-refractivity contribution is 5.38. The van der Waals surface area contributed by atoms with Crippen molar-refractivity contribution in [3.8, 4) is 0 Å². The van der Waals surface area contributed by atoms with Crippen LogP contribution in [0.1, 0.15) is 41.6 Å². The van der Waals surface area contributed by atoms with Gasteiger partial charge in [0.1, 0.15) is 0 Å². The second-order valence-electron chi connectivity index (χ2n) is 5.20. The van der Waals surface area contributed by atoms with Crippen molar-refractivity contribution in [3.63, 3.8) is 0 Å². The predicted octanol–water partition coefficient (Wildman–Crippen LogP) is 3.27. The average molecular weight is 203 g/mol. The molecule has 3 unspecified atom stereocenters. The lowest BCUT2D eigenvalue weighted by molar-refractivity contribution is 0.590. The fourth-order valence-electron chi connectivity index (χ4n) is 2.42. The van der Waals surface area contributed by atoms with Crippen LogP contribution >= 0.6 is 0 Å². The van der Waals surface area contributed by atoms with E-state index >= 15 is 0 Å². The van der Waals surface area contributed by atoms with Crippen LogP contribution in [0.2, 0.25) is 0 Å². The first-order valence-electron chi connectivity index (χ1n) is 5.84. The average Bonchev–Trinajstić information content (AvgIpc) is 2.88. The van der Waals surface area contributed by atoms with Crippen LogP contribution in [-0.4, -0.2) is 0 Å². The number of hydrogen-bond acceptors (Lipinski definition) is 1. The number of aryl methyl sites for hydroxylation is 3. The molecule has 82 valence electrons. The van der Waals surface area contributed by atoms with Gasteiger partial charge in [0.2, 0.25) is 0 Å². The summed E-state index contributed by atoms with van der Waals surface area (Å²) in [6.07, 6.45) is 1.30. The van der Waals surface area contributed by atoms with E-state index in [1.807, 2.05) is 0 Å². The molecule has 1 nitrogen and oxygen atoms in total. The van der Waals surface area contributed by atoms with Crippen LogP contribution in [0.25, 0.3) is 0 Å². The standard InChI is InChI=1S/C14H21N/c1-8-5-10(3)12(6-9(8)2)14(15)13-7-11(13)4/h5-6,11,13-14H,7,15H2,1-4H3. The van der Waals surface area contributed by atoms with Crippen LogP contribution in [0.4, 0.5) is 0 Å². The Morgan fingerprint density at radius 1 is 1.13 bits per heavy atom. The lowest BCUT2D eigenvalue weighted by Crippen LogP contribution is -2.15. The van der Waals surface area contributed by atoms with Crippen molar-refractivity contribution in [2.75, 3.05) is 0 Å². The Morgan fingerprint density at radius 2 is 1.67 bits per heavy atom. The molecular formula is C14H21N. The first kappa shape index (κ1) is 10.7. The maximum atomic E-state index is 6.31. The quantitative estimate of drug-likeness (QED) is 0.784. The Balaban J connectivity index is 2.31. The number of rotatable bonds is 2. The van der Waals surface area contributed by atoms with Gasteiger partial charge in [0.15, 0.2) is 0 Å². The summed E-state index contributed by atoms with van der Waals surface area (Å²) in [5.41, 5.74) is 11.7. The third-order valence-electron chi connectivity index (χ3n) is 3.87. The van der Waals surface area contributed by atoms with E-state index in [1.165, 1.54) is 28.7 Å². The molecule has 0 heterocycles. The number of benzene rings is 1. The Bertz CT molecular complexity index is 381. The molecule has 1 aromatic rings. The molecule has 15 heavy (non-hydrogen) atoms. The van der Waals surface area contributed by atoms with Crippen LogP contribution < -0.4 is 5.73 Å². The molecule has 3 atom stereocenters. The Kier molecular flexibility index (Phi) is 2.59. The van der Waals surface area contributed by atoms with E-state index in [1.54, 1.807) is 0 Å². The largest absolute Gasteiger partial charge is 0.324 e. The Hall–Kier alpha value is -0.820. The number of nitrogens with two attached hydrogens (primary N) is 1. The Labute approximate surface area is 92.7 Å². The van der Waals surface area contributed by atoms with Gasteiger partial charge < -0.3 is 5.73 Å². The maximum Gasteiger partial charge on any atom is 0.0328 e. The molecule has 2 N–H and O–H groups in total. The topological polar surface area (TPSA) is 26.0 Å².